The maximum atomic E-state index is 11.9. The van der Waals surface area contributed by atoms with Crippen LogP contribution in [0.5, 0.6) is 0 Å². The van der Waals surface area contributed by atoms with Crippen molar-refractivity contribution in [2.24, 2.45) is 5.92 Å². The van der Waals surface area contributed by atoms with E-state index in [2.05, 4.69) is 0 Å². The molecule has 0 saturated heterocycles. The maximum absolute atomic E-state index is 11.9. The van der Waals surface area contributed by atoms with E-state index in [9.17, 15) is 13.2 Å². The molecule has 7 heteroatoms. The van der Waals surface area contributed by atoms with Crippen LogP contribution >= 0.6 is 0 Å². The van der Waals surface area contributed by atoms with Gasteiger partial charge in [-0.05, 0) is 6.08 Å². The van der Waals surface area contributed by atoms with E-state index in [0.29, 0.717) is 0 Å². The molecule has 0 aromatic carbocycles. The monoisotopic (exact) mass is 276 g/mol. The molecule has 1 N–H and O–H groups in total. The van der Waals surface area contributed by atoms with Gasteiger partial charge in [0.2, 0.25) is 4.93 Å². The summed E-state index contributed by atoms with van der Waals surface area (Å²) in [4.78, 5) is 9.32. The molecule has 0 amide bonds. The molecule has 0 bridgehead atoms. The molecule has 1 rings (SSSR count). The molecule has 0 radical (unpaired) electrons. The molecule has 18 heavy (non-hydrogen) atoms. The number of aliphatic carboxylic acids is 1. The minimum Gasteiger partial charge on any atom is -0.481 e. The first-order chi connectivity index (χ1) is 8.35. The van der Waals surface area contributed by atoms with Crippen molar-refractivity contribution < 1.29 is 27.8 Å². The molecule has 2 unspecified atom stereocenters. The quantitative estimate of drug-likeness (QED) is 0.698. The fourth-order valence-electron chi connectivity index (χ4n) is 1.74. The molecular weight excluding hydrogens is 260 g/mol. The Hall–Kier alpha value is -1.18. The standard InChI is InChI=1S/C11H16O6S/c1-16-7-8-17-11(18(2,14)15)6-4-3-5-9(11)10(12)13/h3-6,9H,7-8H2,1-2H3,(H,12,13). The fourth-order valence-corrected chi connectivity index (χ4v) is 3.00. The van der Waals surface area contributed by atoms with Crippen LogP contribution < -0.4 is 0 Å². The lowest BCUT2D eigenvalue weighted by Gasteiger charge is -2.34. The molecule has 1 aliphatic rings. The van der Waals surface area contributed by atoms with Crippen molar-refractivity contribution >= 4 is 15.8 Å². The molecule has 1 aliphatic carbocycles. The van der Waals surface area contributed by atoms with Crippen molar-refractivity contribution in [3.05, 3.63) is 24.3 Å². The molecule has 102 valence electrons. The number of carbonyl (C=O) groups is 1. The predicted molar refractivity (Wildman–Crippen MR) is 64.8 cm³/mol. The number of sulfone groups is 1. The van der Waals surface area contributed by atoms with Crippen LogP contribution in [0.25, 0.3) is 0 Å². The van der Waals surface area contributed by atoms with Gasteiger partial charge in [0.1, 0.15) is 5.92 Å². The van der Waals surface area contributed by atoms with E-state index in [1.165, 1.54) is 31.4 Å². The Balaban J connectivity index is 3.14. The highest BCUT2D eigenvalue weighted by Crippen LogP contribution is 2.34. The number of ether oxygens (including phenoxy) is 2. The first-order valence-electron chi connectivity index (χ1n) is 5.26. The van der Waals surface area contributed by atoms with Crippen LogP contribution in [0.15, 0.2) is 24.3 Å². The number of rotatable bonds is 6. The van der Waals surface area contributed by atoms with E-state index in [1.54, 1.807) is 0 Å². The average molecular weight is 276 g/mol. The molecule has 2 atom stereocenters. The molecule has 0 fully saturated rings. The van der Waals surface area contributed by atoms with Gasteiger partial charge in [0.05, 0.1) is 13.2 Å². The summed E-state index contributed by atoms with van der Waals surface area (Å²) >= 11 is 0. The average Bonchev–Trinajstić information content (AvgIpc) is 2.28. The van der Waals surface area contributed by atoms with E-state index >= 15 is 0 Å². The first kappa shape index (κ1) is 14.9. The SMILES string of the molecule is COCCOC1(S(C)(=O)=O)C=CC=CC1C(=O)O. The van der Waals surface area contributed by atoms with E-state index < -0.39 is 26.7 Å². The van der Waals surface area contributed by atoms with Gasteiger partial charge in [-0.3, -0.25) is 4.79 Å². The third-order valence-corrected chi connectivity index (χ3v) is 4.30. The molecular formula is C11H16O6S. The van der Waals surface area contributed by atoms with Crippen LogP contribution in [0.2, 0.25) is 0 Å². The largest absolute Gasteiger partial charge is 0.481 e. The van der Waals surface area contributed by atoms with Crippen molar-refractivity contribution in [1.29, 1.82) is 0 Å². The van der Waals surface area contributed by atoms with E-state index in [4.69, 9.17) is 14.6 Å². The van der Waals surface area contributed by atoms with E-state index in [-0.39, 0.29) is 13.2 Å². The summed E-state index contributed by atoms with van der Waals surface area (Å²) in [7, 11) is -2.31. The Kier molecular flexibility index (Phi) is 4.66. The van der Waals surface area contributed by atoms with Crippen LogP contribution in [0.1, 0.15) is 0 Å². The van der Waals surface area contributed by atoms with Crippen molar-refractivity contribution in [2.75, 3.05) is 26.6 Å². The number of carboxylic acid groups (broad SMARTS) is 1. The number of methoxy groups -OCH3 is 1. The summed E-state index contributed by atoms with van der Waals surface area (Å²) in [6, 6.07) is 0. The van der Waals surface area contributed by atoms with Crippen LogP contribution in [-0.4, -0.2) is 51.0 Å². The van der Waals surface area contributed by atoms with Crippen molar-refractivity contribution in [3.63, 3.8) is 0 Å². The van der Waals surface area contributed by atoms with Gasteiger partial charge < -0.3 is 14.6 Å². The van der Waals surface area contributed by atoms with E-state index in [1.807, 2.05) is 0 Å². The van der Waals surface area contributed by atoms with Gasteiger partial charge in [0, 0.05) is 13.4 Å². The summed E-state index contributed by atoms with van der Waals surface area (Å²) in [5.41, 5.74) is 0. The Bertz CT molecular complexity index is 464. The molecule has 0 aliphatic heterocycles. The summed E-state index contributed by atoms with van der Waals surface area (Å²) in [6.07, 6.45) is 6.47. The van der Waals surface area contributed by atoms with Crippen molar-refractivity contribution in [3.8, 4) is 0 Å². The molecule has 0 spiro atoms. The highest BCUT2D eigenvalue weighted by Gasteiger charge is 2.50. The van der Waals surface area contributed by atoms with Gasteiger partial charge in [0.25, 0.3) is 0 Å². The first-order valence-corrected chi connectivity index (χ1v) is 7.15. The zero-order valence-corrected chi connectivity index (χ0v) is 11.0. The van der Waals surface area contributed by atoms with Gasteiger partial charge in [-0.15, -0.1) is 0 Å². The van der Waals surface area contributed by atoms with Gasteiger partial charge in [0.15, 0.2) is 9.84 Å². The van der Waals surface area contributed by atoms with Crippen LogP contribution in [-0.2, 0) is 24.1 Å². The molecule has 0 heterocycles. The van der Waals surface area contributed by atoms with Gasteiger partial charge in [-0.1, -0.05) is 18.2 Å². The van der Waals surface area contributed by atoms with Crippen molar-refractivity contribution in [2.45, 2.75) is 4.93 Å². The number of carboxylic acids is 1. The number of hydrogen-bond donors (Lipinski definition) is 1. The van der Waals surface area contributed by atoms with Gasteiger partial charge in [-0.25, -0.2) is 8.42 Å². The second-order valence-corrected chi connectivity index (χ2v) is 6.08. The summed E-state index contributed by atoms with van der Waals surface area (Å²) in [5.74, 6) is -2.52. The van der Waals surface area contributed by atoms with Gasteiger partial charge in [-0.2, -0.15) is 0 Å². The zero-order chi connectivity index (χ0) is 13.8. The Labute approximate surface area is 106 Å². The normalized spacial score (nSPS) is 27.3. The maximum Gasteiger partial charge on any atom is 0.314 e. The highest BCUT2D eigenvalue weighted by molar-refractivity contribution is 7.92. The summed E-state index contributed by atoms with van der Waals surface area (Å²) in [6.45, 7) is 0.173. The predicted octanol–water partition coefficient (Wildman–Crippen LogP) is 0.217. The smallest absolute Gasteiger partial charge is 0.314 e. The third-order valence-electron chi connectivity index (χ3n) is 2.64. The summed E-state index contributed by atoms with van der Waals surface area (Å²) in [5, 5.41) is 9.13. The lowest BCUT2D eigenvalue weighted by Crippen LogP contribution is -2.50. The lowest BCUT2D eigenvalue weighted by atomic mass is 9.97. The number of allylic oxidation sites excluding steroid dienone is 2. The second-order valence-electron chi connectivity index (χ2n) is 3.89. The molecule has 0 aromatic rings. The van der Waals surface area contributed by atoms with Crippen LogP contribution in [0.4, 0.5) is 0 Å². The fraction of sp³-hybridized carbons (Fsp3) is 0.545. The van der Waals surface area contributed by atoms with Gasteiger partial charge >= 0.3 is 5.97 Å². The molecule has 0 saturated carbocycles. The van der Waals surface area contributed by atoms with E-state index in [0.717, 1.165) is 6.26 Å². The second kappa shape index (κ2) is 5.64. The van der Waals surface area contributed by atoms with Crippen LogP contribution in [0.3, 0.4) is 0 Å². The third kappa shape index (κ3) is 2.80. The minimum atomic E-state index is -3.76. The zero-order valence-electron chi connectivity index (χ0n) is 10.2. The molecule has 6 nitrogen and oxygen atoms in total. The van der Waals surface area contributed by atoms with Crippen molar-refractivity contribution in [1.82, 2.24) is 0 Å². The number of hydrogen-bond acceptors (Lipinski definition) is 5. The summed E-state index contributed by atoms with van der Waals surface area (Å²) < 4.78 is 33.9. The lowest BCUT2D eigenvalue weighted by molar-refractivity contribution is -0.145. The van der Waals surface area contributed by atoms with Crippen LogP contribution in [0, 0.1) is 5.92 Å². The Morgan fingerprint density at radius 1 is 1.39 bits per heavy atom. The minimum absolute atomic E-state index is 0.00840. The molecule has 0 aromatic heterocycles. The Morgan fingerprint density at radius 3 is 2.56 bits per heavy atom. The topological polar surface area (TPSA) is 89.9 Å². The Morgan fingerprint density at radius 2 is 2.06 bits per heavy atom. The highest BCUT2D eigenvalue weighted by atomic mass is 32.2.